The lowest BCUT2D eigenvalue weighted by Gasteiger charge is -2.41. The highest BCUT2D eigenvalue weighted by Crippen LogP contribution is 2.19. The van der Waals surface area contributed by atoms with Crippen LogP contribution in [0.15, 0.2) is 45.3 Å². The van der Waals surface area contributed by atoms with Crippen LogP contribution in [-0.4, -0.2) is 42.6 Å². The topological polar surface area (TPSA) is 52.8 Å². The minimum absolute atomic E-state index is 0.118. The van der Waals surface area contributed by atoms with Gasteiger partial charge in [0.05, 0.1) is 12.8 Å². The monoisotopic (exact) mass is 388 g/mol. The molecule has 0 aliphatic carbocycles. The summed E-state index contributed by atoms with van der Waals surface area (Å²) in [6.07, 6.45) is 6.55. The number of guanidine groups is 1. The molecule has 5 nitrogen and oxygen atoms in total. The Kier molecular flexibility index (Phi) is 7.35. The van der Waals surface area contributed by atoms with Crippen LogP contribution in [0, 0.1) is 0 Å². The standard InChI is InChI=1S/C21H32N4OS/c1-21(2,25-12-4-3-5-13-25)17-24-20(23-16-19-9-7-15-27-19)22-11-10-18-8-6-14-26-18/h6-9,14-15H,3-5,10-13,16-17H2,1-2H3,(H2,22,23,24). The molecule has 0 atom stereocenters. The highest BCUT2D eigenvalue weighted by molar-refractivity contribution is 7.09. The first-order valence-corrected chi connectivity index (χ1v) is 10.8. The van der Waals surface area contributed by atoms with Crippen molar-refractivity contribution in [3.8, 4) is 0 Å². The van der Waals surface area contributed by atoms with Gasteiger partial charge in [0.1, 0.15) is 5.76 Å². The quantitative estimate of drug-likeness (QED) is 0.532. The van der Waals surface area contributed by atoms with Crippen LogP contribution in [0.1, 0.15) is 43.7 Å². The van der Waals surface area contributed by atoms with Crippen molar-refractivity contribution >= 4 is 17.3 Å². The minimum atomic E-state index is 0.118. The molecule has 27 heavy (non-hydrogen) atoms. The van der Waals surface area contributed by atoms with Crippen LogP contribution in [0.3, 0.4) is 0 Å². The first kappa shape index (κ1) is 20.0. The molecule has 2 N–H and O–H groups in total. The van der Waals surface area contributed by atoms with E-state index in [0.717, 1.165) is 31.2 Å². The molecule has 1 aliphatic rings. The maximum atomic E-state index is 5.42. The minimum Gasteiger partial charge on any atom is -0.469 e. The second kappa shape index (κ2) is 9.95. The molecular weight excluding hydrogens is 356 g/mol. The number of hydrogen-bond donors (Lipinski definition) is 2. The van der Waals surface area contributed by atoms with E-state index in [-0.39, 0.29) is 5.54 Å². The predicted molar refractivity (Wildman–Crippen MR) is 113 cm³/mol. The van der Waals surface area contributed by atoms with Crippen LogP contribution in [0.2, 0.25) is 0 Å². The summed E-state index contributed by atoms with van der Waals surface area (Å²) in [7, 11) is 0. The Bertz CT molecular complexity index is 673. The summed E-state index contributed by atoms with van der Waals surface area (Å²) in [5.74, 6) is 1.87. The third-order valence-corrected chi connectivity index (χ3v) is 5.98. The summed E-state index contributed by atoms with van der Waals surface area (Å²) in [5.41, 5.74) is 0.118. The van der Waals surface area contributed by atoms with E-state index in [1.807, 2.05) is 12.1 Å². The highest BCUT2D eigenvalue weighted by atomic mass is 32.1. The van der Waals surface area contributed by atoms with Gasteiger partial charge in [-0.05, 0) is 63.4 Å². The maximum absolute atomic E-state index is 5.42. The van der Waals surface area contributed by atoms with Gasteiger partial charge in [0, 0.05) is 29.9 Å². The molecule has 0 spiro atoms. The number of thiophene rings is 1. The lowest BCUT2D eigenvalue weighted by molar-refractivity contribution is 0.0982. The van der Waals surface area contributed by atoms with Gasteiger partial charge < -0.3 is 15.1 Å². The molecule has 6 heteroatoms. The van der Waals surface area contributed by atoms with Crippen molar-refractivity contribution in [2.24, 2.45) is 4.99 Å². The summed E-state index contributed by atoms with van der Waals surface area (Å²) in [6.45, 7) is 9.43. The summed E-state index contributed by atoms with van der Waals surface area (Å²) in [6, 6.07) is 8.15. The molecule has 0 amide bonds. The Morgan fingerprint density at radius 2 is 2.04 bits per heavy atom. The zero-order chi connectivity index (χ0) is 19.0. The number of nitrogens with one attached hydrogen (secondary N) is 2. The van der Waals surface area contributed by atoms with Gasteiger partial charge in [-0.3, -0.25) is 4.90 Å². The zero-order valence-corrected chi connectivity index (χ0v) is 17.4. The van der Waals surface area contributed by atoms with E-state index in [4.69, 9.17) is 9.41 Å². The zero-order valence-electron chi connectivity index (χ0n) is 16.5. The number of piperidine rings is 1. The van der Waals surface area contributed by atoms with Crippen LogP contribution in [0.4, 0.5) is 0 Å². The van der Waals surface area contributed by atoms with E-state index < -0.39 is 0 Å². The van der Waals surface area contributed by atoms with E-state index in [0.29, 0.717) is 6.54 Å². The second-order valence-electron chi connectivity index (χ2n) is 7.71. The first-order chi connectivity index (χ1) is 13.1. The van der Waals surface area contributed by atoms with Gasteiger partial charge in [0.25, 0.3) is 0 Å². The third kappa shape index (κ3) is 6.40. The molecule has 1 fully saturated rings. The molecular formula is C21H32N4OS. The van der Waals surface area contributed by atoms with Gasteiger partial charge in [-0.25, -0.2) is 4.99 Å². The van der Waals surface area contributed by atoms with Crippen molar-refractivity contribution < 1.29 is 4.42 Å². The van der Waals surface area contributed by atoms with E-state index in [1.54, 1.807) is 17.6 Å². The third-order valence-electron chi connectivity index (χ3n) is 5.12. The number of rotatable bonds is 8. The first-order valence-electron chi connectivity index (χ1n) is 9.95. The average Bonchev–Trinajstić information content (AvgIpc) is 3.38. The Balaban J connectivity index is 1.55. The number of furan rings is 1. The molecule has 0 unspecified atom stereocenters. The van der Waals surface area contributed by atoms with E-state index in [2.05, 4.69) is 46.9 Å². The predicted octanol–water partition coefficient (Wildman–Crippen LogP) is 3.88. The maximum Gasteiger partial charge on any atom is 0.191 e. The fourth-order valence-corrected chi connectivity index (χ4v) is 4.03. The fraction of sp³-hybridized carbons (Fsp3) is 0.571. The Morgan fingerprint density at radius 1 is 1.19 bits per heavy atom. The van der Waals surface area contributed by atoms with Crippen LogP contribution in [-0.2, 0) is 13.0 Å². The Morgan fingerprint density at radius 3 is 2.74 bits per heavy atom. The van der Waals surface area contributed by atoms with Crippen molar-refractivity contribution in [3.05, 3.63) is 46.5 Å². The van der Waals surface area contributed by atoms with Gasteiger partial charge in [-0.1, -0.05) is 12.5 Å². The van der Waals surface area contributed by atoms with Crippen LogP contribution in [0.5, 0.6) is 0 Å². The summed E-state index contributed by atoms with van der Waals surface area (Å²) >= 11 is 1.75. The van der Waals surface area contributed by atoms with E-state index in [1.165, 1.54) is 37.2 Å². The van der Waals surface area contributed by atoms with Gasteiger partial charge in [-0.2, -0.15) is 0 Å². The van der Waals surface area contributed by atoms with Gasteiger partial charge in [0.15, 0.2) is 5.96 Å². The lowest BCUT2D eigenvalue weighted by Crippen LogP contribution is -2.55. The Hall–Kier alpha value is -1.79. The SMILES string of the molecule is CC(C)(CNC(=NCc1cccs1)NCCc1ccco1)N1CCCCC1. The van der Waals surface area contributed by atoms with E-state index >= 15 is 0 Å². The molecule has 0 radical (unpaired) electrons. The lowest BCUT2D eigenvalue weighted by atomic mass is 9.98. The number of nitrogens with zero attached hydrogens (tertiary/aromatic N) is 2. The largest absolute Gasteiger partial charge is 0.469 e. The molecule has 2 aromatic rings. The molecule has 148 valence electrons. The number of aliphatic imine (C=N–C) groups is 1. The number of likely N-dealkylation sites (tertiary alicyclic amines) is 1. The molecule has 3 rings (SSSR count). The molecule has 1 saturated heterocycles. The summed E-state index contributed by atoms with van der Waals surface area (Å²) in [4.78, 5) is 8.66. The van der Waals surface area contributed by atoms with Gasteiger partial charge in [0.2, 0.25) is 0 Å². The fourth-order valence-electron chi connectivity index (χ4n) is 3.40. The van der Waals surface area contributed by atoms with Crippen molar-refractivity contribution in [2.75, 3.05) is 26.2 Å². The van der Waals surface area contributed by atoms with Crippen LogP contribution >= 0.6 is 11.3 Å². The molecule has 2 aromatic heterocycles. The average molecular weight is 389 g/mol. The summed E-state index contributed by atoms with van der Waals surface area (Å²) in [5, 5.41) is 9.13. The highest BCUT2D eigenvalue weighted by Gasteiger charge is 2.27. The van der Waals surface area contributed by atoms with E-state index in [9.17, 15) is 0 Å². The van der Waals surface area contributed by atoms with Crippen molar-refractivity contribution in [2.45, 2.75) is 51.6 Å². The number of hydrogen-bond acceptors (Lipinski definition) is 4. The molecule has 1 aliphatic heterocycles. The molecule has 3 heterocycles. The van der Waals surface area contributed by atoms with Gasteiger partial charge in [-0.15, -0.1) is 11.3 Å². The smallest absolute Gasteiger partial charge is 0.191 e. The van der Waals surface area contributed by atoms with Crippen molar-refractivity contribution in [1.82, 2.24) is 15.5 Å². The summed E-state index contributed by atoms with van der Waals surface area (Å²) < 4.78 is 5.42. The normalized spacial score (nSPS) is 16.4. The Labute approximate surface area is 166 Å². The van der Waals surface area contributed by atoms with Crippen molar-refractivity contribution in [3.63, 3.8) is 0 Å². The van der Waals surface area contributed by atoms with Crippen LogP contribution < -0.4 is 10.6 Å². The second-order valence-corrected chi connectivity index (χ2v) is 8.75. The molecule has 0 aromatic carbocycles. The molecule has 0 saturated carbocycles. The van der Waals surface area contributed by atoms with Gasteiger partial charge >= 0.3 is 0 Å². The van der Waals surface area contributed by atoms with Crippen molar-refractivity contribution in [1.29, 1.82) is 0 Å². The molecule has 0 bridgehead atoms. The van der Waals surface area contributed by atoms with Crippen LogP contribution in [0.25, 0.3) is 0 Å².